The zero-order valence-corrected chi connectivity index (χ0v) is 18.0. The van der Waals surface area contributed by atoms with Gasteiger partial charge in [-0.2, -0.15) is 4.98 Å². The molecule has 7 nitrogen and oxygen atoms in total. The van der Waals surface area contributed by atoms with Crippen LogP contribution >= 0.6 is 0 Å². The number of anilines is 1. The number of fused-ring (bicyclic) bond motifs is 3. The molecule has 0 unspecified atom stereocenters. The van der Waals surface area contributed by atoms with Crippen molar-refractivity contribution in [3.8, 4) is 0 Å². The summed E-state index contributed by atoms with van der Waals surface area (Å²) in [6.07, 6.45) is -1.59. The third kappa shape index (κ3) is 3.85. The van der Waals surface area contributed by atoms with Crippen LogP contribution in [0.4, 0.5) is 23.8 Å². The Morgan fingerprint density at radius 3 is 2.75 bits per heavy atom. The lowest BCUT2D eigenvalue weighted by atomic mass is 10.1. The molecule has 0 fully saturated rings. The molecule has 0 radical (unpaired) electrons. The molecule has 0 spiro atoms. The minimum Gasteiger partial charge on any atom is -0.450 e. The van der Waals surface area contributed by atoms with Crippen LogP contribution in [0.25, 0.3) is 5.78 Å². The number of nitrogens with one attached hydrogen (secondary N) is 1. The van der Waals surface area contributed by atoms with Crippen molar-refractivity contribution >= 4 is 17.7 Å². The summed E-state index contributed by atoms with van der Waals surface area (Å²) in [5.41, 5.74) is 2.02. The van der Waals surface area contributed by atoms with E-state index in [1.54, 1.807) is 18.0 Å². The molecule has 1 aliphatic heterocycles. The molecule has 1 N–H and O–H groups in total. The lowest BCUT2D eigenvalue weighted by Gasteiger charge is -2.14. The number of alkyl halides is 2. The Balaban J connectivity index is 1.72. The van der Waals surface area contributed by atoms with Gasteiger partial charge in [0.1, 0.15) is 11.6 Å². The third-order valence-electron chi connectivity index (χ3n) is 5.48. The first kappa shape index (κ1) is 21.9. The minimum absolute atomic E-state index is 0.0425. The number of hydrogen-bond acceptors (Lipinski definition) is 5. The van der Waals surface area contributed by atoms with E-state index < -0.39 is 23.9 Å². The van der Waals surface area contributed by atoms with Gasteiger partial charge in [0.15, 0.2) is 0 Å². The van der Waals surface area contributed by atoms with Gasteiger partial charge in [0.05, 0.1) is 37.2 Å². The van der Waals surface area contributed by atoms with E-state index >= 15 is 0 Å². The van der Waals surface area contributed by atoms with Crippen LogP contribution in [-0.4, -0.2) is 32.0 Å². The van der Waals surface area contributed by atoms with Crippen LogP contribution in [0.3, 0.4) is 0 Å². The van der Waals surface area contributed by atoms with Gasteiger partial charge >= 0.3 is 6.09 Å². The maximum Gasteiger partial charge on any atom is 0.410 e. The van der Waals surface area contributed by atoms with E-state index in [9.17, 15) is 18.0 Å². The molecule has 4 rings (SSSR count). The molecule has 1 aromatic carbocycles. The molecule has 0 saturated carbocycles. The van der Waals surface area contributed by atoms with E-state index in [2.05, 4.69) is 15.3 Å². The topological polar surface area (TPSA) is 71.8 Å². The highest BCUT2D eigenvalue weighted by Gasteiger charge is 2.31. The zero-order valence-electron chi connectivity index (χ0n) is 18.0. The summed E-state index contributed by atoms with van der Waals surface area (Å²) in [5.74, 6) is 0.117. The zero-order chi connectivity index (χ0) is 23.0. The smallest absolute Gasteiger partial charge is 0.410 e. The molecule has 10 heteroatoms. The maximum absolute atomic E-state index is 14.5. The second-order valence-electron chi connectivity index (χ2n) is 7.89. The second kappa shape index (κ2) is 8.68. The predicted octanol–water partition coefficient (Wildman–Crippen LogP) is 5.01. The fourth-order valence-electron chi connectivity index (χ4n) is 3.89. The number of benzene rings is 1. The summed E-state index contributed by atoms with van der Waals surface area (Å²) in [7, 11) is 0. The monoisotopic (exact) mass is 447 g/mol. The summed E-state index contributed by atoms with van der Waals surface area (Å²) < 4.78 is 47.6. The van der Waals surface area contributed by atoms with Gasteiger partial charge in [-0.25, -0.2) is 22.9 Å². The number of nitrogens with zero attached hydrogens (tertiary/aromatic N) is 4. The molecule has 1 amide bonds. The average molecular weight is 447 g/mol. The third-order valence-corrected chi connectivity index (χ3v) is 5.48. The van der Waals surface area contributed by atoms with Gasteiger partial charge in [-0.3, -0.25) is 9.30 Å². The fraction of sp³-hybridized carbons (Fsp3) is 0.409. The summed E-state index contributed by atoms with van der Waals surface area (Å²) >= 11 is 0. The van der Waals surface area contributed by atoms with Gasteiger partial charge in [-0.05, 0) is 12.8 Å². The molecule has 32 heavy (non-hydrogen) atoms. The Bertz CT molecular complexity index is 1160. The summed E-state index contributed by atoms with van der Waals surface area (Å²) in [4.78, 5) is 22.9. The standard InChI is InChI=1S/C22H24F3N5O2/c1-4-32-22(31)29-10-15-17(11-29)30-16(12(2)3)9-27-21(30)28-20(15)26-8-13-6-5-7-14(18(13)23)19(24)25/h5-7,9,12,19H,4,8,10-11H2,1-3H3,(H,26,27,28). The Hall–Kier alpha value is -3.30. The number of aromatic nitrogens is 3. The number of amides is 1. The van der Waals surface area contributed by atoms with Crippen LogP contribution in [0.5, 0.6) is 0 Å². The first-order valence-electron chi connectivity index (χ1n) is 10.4. The van der Waals surface area contributed by atoms with E-state index in [4.69, 9.17) is 4.74 Å². The first-order chi connectivity index (χ1) is 15.3. The van der Waals surface area contributed by atoms with Crippen LogP contribution in [0.15, 0.2) is 24.4 Å². The van der Waals surface area contributed by atoms with E-state index in [0.717, 1.165) is 23.0 Å². The largest absolute Gasteiger partial charge is 0.450 e. The Morgan fingerprint density at radius 2 is 2.06 bits per heavy atom. The van der Waals surface area contributed by atoms with Crippen LogP contribution in [0.2, 0.25) is 0 Å². The van der Waals surface area contributed by atoms with Crippen molar-refractivity contribution in [1.29, 1.82) is 0 Å². The summed E-state index contributed by atoms with van der Waals surface area (Å²) in [6, 6.07) is 3.92. The molecular weight excluding hydrogens is 423 g/mol. The van der Waals surface area contributed by atoms with E-state index in [1.807, 2.05) is 18.2 Å². The van der Waals surface area contributed by atoms with Gasteiger partial charge in [0, 0.05) is 23.4 Å². The van der Waals surface area contributed by atoms with Crippen LogP contribution < -0.4 is 5.32 Å². The number of halogens is 3. The summed E-state index contributed by atoms with van der Waals surface area (Å²) in [5, 5.41) is 3.06. The van der Waals surface area contributed by atoms with Crippen molar-refractivity contribution in [3.63, 3.8) is 0 Å². The molecule has 3 aromatic rings. The van der Waals surface area contributed by atoms with Gasteiger partial charge in [-0.15, -0.1) is 0 Å². The Labute approximate surface area is 183 Å². The Kier molecular flexibility index (Phi) is 5.94. The van der Waals surface area contributed by atoms with Crippen LogP contribution in [-0.2, 0) is 24.4 Å². The average Bonchev–Trinajstić information content (AvgIpc) is 3.37. The van der Waals surface area contributed by atoms with Crippen molar-refractivity contribution < 1.29 is 22.7 Å². The molecule has 2 aromatic heterocycles. The molecule has 0 saturated heterocycles. The maximum atomic E-state index is 14.5. The number of carbonyl (C=O) groups excluding carboxylic acids is 1. The Morgan fingerprint density at radius 1 is 1.28 bits per heavy atom. The number of ether oxygens (including phenoxy) is 1. The molecule has 170 valence electrons. The second-order valence-corrected chi connectivity index (χ2v) is 7.89. The van der Waals surface area contributed by atoms with Crippen LogP contribution in [0.1, 0.15) is 61.2 Å². The minimum atomic E-state index is -2.90. The van der Waals surface area contributed by atoms with Crippen molar-refractivity contribution in [3.05, 3.63) is 58.3 Å². The highest BCUT2D eigenvalue weighted by atomic mass is 19.3. The molecule has 3 heterocycles. The quantitative estimate of drug-likeness (QED) is 0.575. The lowest BCUT2D eigenvalue weighted by molar-refractivity contribution is 0.106. The van der Waals surface area contributed by atoms with Crippen molar-refractivity contribution in [2.75, 3.05) is 11.9 Å². The molecular formula is C22H24F3N5O2. The van der Waals surface area contributed by atoms with Gasteiger partial charge in [-0.1, -0.05) is 32.0 Å². The van der Waals surface area contributed by atoms with Crippen molar-refractivity contribution in [2.24, 2.45) is 0 Å². The predicted molar refractivity (Wildman–Crippen MR) is 112 cm³/mol. The lowest BCUT2D eigenvalue weighted by Crippen LogP contribution is -2.26. The summed E-state index contributed by atoms with van der Waals surface area (Å²) in [6.45, 7) is 6.61. The van der Waals surface area contributed by atoms with E-state index in [0.29, 0.717) is 18.1 Å². The normalized spacial score (nSPS) is 13.3. The highest BCUT2D eigenvalue weighted by molar-refractivity contribution is 5.70. The van der Waals surface area contributed by atoms with Gasteiger partial charge in [0.25, 0.3) is 6.43 Å². The number of rotatable bonds is 6. The number of carbonyl (C=O) groups is 1. The van der Waals surface area contributed by atoms with Gasteiger partial charge < -0.3 is 10.1 Å². The highest BCUT2D eigenvalue weighted by Crippen LogP contribution is 2.32. The van der Waals surface area contributed by atoms with E-state index in [1.165, 1.54) is 12.1 Å². The number of hydrogen-bond donors (Lipinski definition) is 1. The molecule has 0 aliphatic carbocycles. The van der Waals surface area contributed by atoms with Crippen molar-refractivity contribution in [1.82, 2.24) is 19.3 Å². The van der Waals surface area contributed by atoms with E-state index in [-0.39, 0.29) is 31.2 Å². The molecule has 1 aliphatic rings. The molecule has 0 bridgehead atoms. The van der Waals surface area contributed by atoms with Gasteiger partial charge in [0.2, 0.25) is 5.78 Å². The van der Waals surface area contributed by atoms with Crippen molar-refractivity contribution in [2.45, 2.75) is 52.7 Å². The molecule has 0 atom stereocenters. The number of imidazole rings is 1. The first-order valence-corrected chi connectivity index (χ1v) is 10.4. The SMILES string of the molecule is CCOC(=O)N1Cc2c(NCc3cccc(C(F)F)c3F)nc3ncc(C(C)C)n3c2C1. The van der Waals surface area contributed by atoms with Crippen LogP contribution in [0, 0.1) is 5.82 Å². The fourth-order valence-corrected chi connectivity index (χ4v) is 3.89.